The summed E-state index contributed by atoms with van der Waals surface area (Å²) < 4.78 is 4.95. The molecule has 0 saturated carbocycles. The normalized spacial score (nSPS) is 9.44. The van der Waals surface area contributed by atoms with Gasteiger partial charge < -0.3 is 10.1 Å². The van der Waals surface area contributed by atoms with Crippen molar-refractivity contribution in [2.75, 3.05) is 12.4 Å². The van der Waals surface area contributed by atoms with Crippen molar-refractivity contribution >= 4 is 40.5 Å². The van der Waals surface area contributed by atoms with Crippen molar-refractivity contribution in [1.82, 2.24) is 0 Å². The smallest absolute Gasteiger partial charge is 0.429 e. The highest BCUT2D eigenvalue weighted by molar-refractivity contribution is 6.41. The van der Waals surface area contributed by atoms with Crippen LogP contribution >= 0.6 is 23.2 Å². The minimum absolute atomic E-state index is 0.0815. The molecule has 1 N–H and O–H groups in total. The van der Waals surface area contributed by atoms with Gasteiger partial charge in [0.05, 0.1) is 23.9 Å². The van der Waals surface area contributed by atoms with Gasteiger partial charge in [-0.15, -0.1) is 0 Å². The molecule has 1 amide bonds. The molecule has 0 aromatic heterocycles. The Morgan fingerprint density at radius 2 is 2.19 bits per heavy atom. The highest BCUT2D eigenvalue weighted by Crippen LogP contribution is 2.44. The van der Waals surface area contributed by atoms with Gasteiger partial charge in [-0.3, -0.25) is 4.79 Å². The van der Waals surface area contributed by atoms with Crippen LogP contribution in [0.1, 0.15) is 6.92 Å². The molecule has 84 valence electrons. The van der Waals surface area contributed by atoms with Crippen LogP contribution in [0.4, 0.5) is 11.4 Å². The second-order valence-electron chi connectivity index (χ2n) is 2.88. The monoisotopic (exact) mass is 260 g/mol. The molecule has 1 aromatic rings. The van der Waals surface area contributed by atoms with E-state index in [1.54, 1.807) is 0 Å². The molecule has 0 aliphatic heterocycles. The lowest BCUT2D eigenvalue weighted by atomic mass is 10.2. The quantitative estimate of drug-likeness (QED) is 0.829. The van der Waals surface area contributed by atoms with E-state index in [0.717, 1.165) is 0 Å². The van der Waals surface area contributed by atoms with Crippen molar-refractivity contribution < 1.29 is 9.53 Å². The lowest BCUT2D eigenvalue weighted by molar-refractivity contribution is -0.114. The van der Waals surface area contributed by atoms with Crippen LogP contribution in [0, 0.1) is 5.39 Å². The summed E-state index contributed by atoms with van der Waals surface area (Å²) >= 11 is 11.8. The number of anilines is 1. The maximum absolute atomic E-state index is 10.9. The van der Waals surface area contributed by atoms with Crippen molar-refractivity contribution in [3.8, 4) is 5.75 Å². The number of benzene rings is 1. The summed E-state index contributed by atoms with van der Waals surface area (Å²) in [4.78, 5) is 13.9. The van der Waals surface area contributed by atoms with Crippen LogP contribution in [0.25, 0.3) is 4.98 Å². The maximum Gasteiger partial charge on any atom is 0.429 e. The Balaban J connectivity index is 3.42. The lowest BCUT2D eigenvalue weighted by Gasteiger charge is -2.08. The Kier molecular flexibility index (Phi) is 3.93. The molecule has 0 heterocycles. The average Bonchev–Trinajstić information content (AvgIpc) is 2.23. The molecule has 0 unspecified atom stereocenters. The third-order valence-corrected chi connectivity index (χ3v) is 2.43. The molecule has 0 fully saturated rings. The number of methoxy groups -OCH3 is 1. The molecule has 16 heavy (non-hydrogen) atoms. The molecule has 0 saturated heterocycles. The summed E-state index contributed by atoms with van der Waals surface area (Å²) in [6.07, 6.45) is 0. The van der Waals surface area contributed by atoms with Gasteiger partial charge in [0.1, 0.15) is 5.02 Å². The zero-order valence-electron chi connectivity index (χ0n) is 8.54. The molecular weight excluding hydrogens is 253 g/mol. The number of amides is 1. The number of hydrogen-bond donors (Lipinski definition) is 1. The number of rotatable bonds is 2. The molecule has 1 rings (SSSR count). The Bertz CT molecular complexity index is 483. The van der Waals surface area contributed by atoms with Crippen LogP contribution in [-0.4, -0.2) is 13.0 Å². The third kappa shape index (κ3) is 2.35. The predicted octanol–water partition coefficient (Wildman–Crippen LogP) is 3.44. The SMILES string of the molecule is COc1c([N+]#N)cc(Cl)c(NC(C)=O)c1Cl. The van der Waals surface area contributed by atoms with E-state index >= 15 is 0 Å². The van der Waals surface area contributed by atoms with E-state index in [1.807, 2.05) is 0 Å². The Hall–Kier alpha value is -1.51. The summed E-state index contributed by atoms with van der Waals surface area (Å²) in [5.74, 6) is -0.183. The van der Waals surface area contributed by atoms with E-state index in [1.165, 1.54) is 20.1 Å². The van der Waals surface area contributed by atoms with Crippen LogP contribution < -0.4 is 10.1 Å². The van der Waals surface area contributed by atoms with Crippen molar-refractivity contribution in [2.45, 2.75) is 6.92 Å². The summed E-state index contributed by atoms with van der Waals surface area (Å²) in [5, 5.41) is 11.4. The molecular formula is C9H8Cl2N3O2+. The van der Waals surface area contributed by atoms with Gasteiger partial charge in [0, 0.05) is 6.92 Å². The molecule has 7 heteroatoms. The number of nitrogens with zero attached hydrogens (tertiary/aromatic N) is 2. The number of carbonyl (C=O) groups excluding carboxylic acids is 1. The van der Waals surface area contributed by atoms with Crippen LogP contribution in [-0.2, 0) is 4.79 Å². The highest BCUT2D eigenvalue weighted by atomic mass is 35.5. The first kappa shape index (κ1) is 12.6. The Labute approximate surface area is 102 Å². The summed E-state index contributed by atoms with van der Waals surface area (Å²) in [6, 6.07) is 1.33. The van der Waals surface area contributed by atoms with E-state index < -0.39 is 0 Å². The second kappa shape index (κ2) is 5.01. The second-order valence-corrected chi connectivity index (χ2v) is 3.67. The van der Waals surface area contributed by atoms with Crippen molar-refractivity contribution in [2.24, 2.45) is 0 Å². The van der Waals surface area contributed by atoms with Crippen molar-refractivity contribution in [3.63, 3.8) is 0 Å². The number of ether oxygens (including phenoxy) is 1. The van der Waals surface area contributed by atoms with Gasteiger partial charge in [-0.25, -0.2) is 0 Å². The number of carbonyl (C=O) groups is 1. The molecule has 0 atom stereocenters. The first-order chi connectivity index (χ1) is 7.51. The van der Waals surface area contributed by atoms with E-state index in [2.05, 4.69) is 10.3 Å². The van der Waals surface area contributed by atoms with Crippen LogP contribution in [0.5, 0.6) is 5.75 Å². The van der Waals surface area contributed by atoms with Crippen molar-refractivity contribution in [3.05, 3.63) is 21.1 Å². The molecule has 5 nitrogen and oxygen atoms in total. The number of hydrogen-bond acceptors (Lipinski definition) is 3. The Morgan fingerprint density at radius 3 is 2.62 bits per heavy atom. The summed E-state index contributed by atoms with van der Waals surface area (Å²) in [5.41, 5.74) is 0.312. The van der Waals surface area contributed by atoms with E-state index in [9.17, 15) is 4.79 Å². The van der Waals surface area contributed by atoms with E-state index in [4.69, 9.17) is 33.3 Å². The third-order valence-electron chi connectivity index (χ3n) is 1.77. The van der Waals surface area contributed by atoms with Gasteiger partial charge >= 0.3 is 5.69 Å². The van der Waals surface area contributed by atoms with Crippen molar-refractivity contribution in [1.29, 1.82) is 5.39 Å². The van der Waals surface area contributed by atoms with Crippen LogP contribution in [0.15, 0.2) is 6.07 Å². The first-order valence-corrected chi connectivity index (χ1v) is 4.95. The van der Waals surface area contributed by atoms with E-state index in [0.29, 0.717) is 0 Å². The molecule has 0 aliphatic rings. The Morgan fingerprint density at radius 1 is 1.56 bits per heavy atom. The molecule has 0 aliphatic carbocycles. The number of diazo groups is 1. The summed E-state index contributed by atoms with van der Waals surface area (Å²) in [6.45, 7) is 1.32. The minimum Gasteiger partial charge on any atom is -0.488 e. The predicted molar refractivity (Wildman–Crippen MR) is 62.1 cm³/mol. The van der Waals surface area contributed by atoms with Gasteiger partial charge in [0.15, 0.2) is 4.98 Å². The molecule has 0 spiro atoms. The van der Waals surface area contributed by atoms with Gasteiger partial charge in [0.25, 0.3) is 0 Å². The molecule has 0 radical (unpaired) electrons. The zero-order chi connectivity index (χ0) is 12.3. The van der Waals surface area contributed by atoms with Crippen LogP contribution in [0.3, 0.4) is 0 Å². The minimum atomic E-state index is -0.320. The summed E-state index contributed by atoms with van der Waals surface area (Å²) in [7, 11) is 1.36. The largest absolute Gasteiger partial charge is 0.488 e. The number of nitrogens with one attached hydrogen (secondary N) is 1. The first-order valence-electron chi connectivity index (χ1n) is 4.20. The topological polar surface area (TPSA) is 66.5 Å². The fourth-order valence-corrected chi connectivity index (χ4v) is 1.76. The molecule has 0 bridgehead atoms. The standard InChI is InChI=1S/C9H7Cl2N3O2/c1-4(15)13-8-5(10)3-6(14-12)9(16-2)7(8)11/h3H,1-2H3/p+1. The molecule has 1 aromatic carbocycles. The zero-order valence-corrected chi connectivity index (χ0v) is 10.1. The fourth-order valence-electron chi connectivity index (χ4n) is 1.15. The van der Waals surface area contributed by atoms with Gasteiger partial charge in [-0.05, 0) is 0 Å². The number of halogens is 2. The van der Waals surface area contributed by atoms with Gasteiger partial charge in [0.2, 0.25) is 17.0 Å². The lowest BCUT2D eigenvalue weighted by Crippen LogP contribution is -2.07. The van der Waals surface area contributed by atoms with Crippen LogP contribution in [0.2, 0.25) is 10.0 Å². The maximum atomic E-state index is 10.9. The fraction of sp³-hybridized carbons (Fsp3) is 0.222. The highest BCUT2D eigenvalue weighted by Gasteiger charge is 2.24. The van der Waals surface area contributed by atoms with Gasteiger partial charge in [-0.2, -0.15) is 0 Å². The van der Waals surface area contributed by atoms with E-state index in [-0.39, 0.29) is 33.1 Å². The van der Waals surface area contributed by atoms with Gasteiger partial charge in [-0.1, -0.05) is 23.2 Å². The average molecular weight is 261 g/mol.